The van der Waals surface area contributed by atoms with Crippen LogP contribution in [-0.2, 0) is 24.3 Å². The van der Waals surface area contributed by atoms with E-state index in [-0.39, 0.29) is 5.91 Å². The summed E-state index contributed by atoms with van der Waals surface area (Å²) in [5.41, 5.74) is 4.78. The van der Waals surface area contributed by atoms with Gasteiger partial charge in [0.15, 0.2) is 0 Å². The molecular formula is C22H29N3O. The third-order valence-electron chi connectivity index (χ3n) is 5.20. The van der Waals surface area contributed by atoms with E-state index in [1.807, 2.05) is 31.2 Å². The van der Waals surface area contributed by atoms with Crippen LogP contribution in [0.15, 0.2) is 48.5 Å². The van der Waals surface area contributed by atoms with E-state index in [2.05, 4.69) is 46.4 Å². The molecule has 0 radical (unpaired) electrons. The highest BCUT2D eigenvalue weighted by Gasteiger charge is 2.15. The minimum Gasteiger partial charge on any atom is -0.352 e. The standard InChI is InChI=1S/C22H29N3O/c1-18-7-3-4-8-19(18)15-22(26)23-16-20-9-5-6-10-21(20)17-25-13-11-24(2)12-14-25/h3-10H,11-17H2,1-2H3,(H,23,26). The number of aryl methyl sites for hydroxylation is 1. The Kier molecular flexibility index (Phi) is 6.42. The van der Waals surface area contributed by atoms with Gasteiger partial charge in [0.1, 0.15) is 0 Å². The van der Waals surface area contributed by atoms with Crippen molar-refractivity contribution in [3.63, 3.8) is 0 Å². The van der Waals surface area contributed by atoms with E-state index in [4.69, 9.17) is 0 Å². The molecule has 4 heteroatoms. The second kappa shape index (κ2) is 8.97. The van der Waals surface area contributed by atoms with Crippen molar-refractivity contribution in [1.82, 2.24) is 15.1 Å². The summed E-state index contributed by atoms with van der Waals surface area (Å²) < 4.78 is 0. The number of hydrogen-bond donors (Lipinski definition) is 1. The highest BCUT2D eigenvalue weighted by Crippen LogP contribution is 2.14. The van der Waals surface area contributed by atoms with Crippen molar-refractivity contribution in [2.75, 3.05) is 33.2 Å². The van der Waals surface area contributed by atoms with Gasteiger partial charge in [-0.05, 0) is 36.2 Å². The van der Waals surface area contributed by atoms with Gasteiger partial charge in [-0.2, -0.15) is 0 Å². The molecular weight excluding hydrogens is 322 g/mol. The molecule has 1 fully saturated rings. The van der Waals surface area contributed by atoms with Crippen molar-refractivity contribution in [1.29, 1.82) is 0 Å². The van der Waals surface area contributed by atoms with E-state index in [9.17, 15) is 4.79 Å². The third-order valence-corrected chi connectivity index (χ3v) is 5.20. The summed E-state index contributed by atoms with van der Waals surface area (Å²) in [6, 6.07) is 16.5. The van der Waals surface area contributed by atoms with Gasteiger partial charge in [0, 0.05) is 39.3 Å². The first-order valence-electron chi connectivity index (χ1n) is 9.40. The van der Waals surface area contributed by atoms with Crippen LogP contribution < -0.4 is 5.32 Å². The Bertz CT molecular complexity index is 736. The molecule has 26 heavy (non-hydrogen) atoms. The van der Waals surface area contributed by atoms with Gasteiger partial charge in [-0.25, -0.2) is 0 Å². The number of carbonyl (C=O) groups is 1. The van der Waals surface area contributed by atoms with Gasteiger partial charge in [0.05, 0.1) is 6.42 Å². The number of nitrogens with one attached hydrogen (secondary N) is 1. The van der Waals surface area contributed by atoms with Crippen molar-refractivity contribution < 1.29 is 4.79 Å². The molecule has 1 heterocycles. The number of amides is 1. The van der Waals surface area contributed by atoms with Gasteiger partial charge in [-0.15, -0.1) is 0 Å². The molecule has 0 aliphatic carbocycles. The van der Waals surface area contributed by atoms with E-state index in [0.717, 1.165) is 43.9 Å². The van der Waals surface area contributed by atoms with Crippen LogP contribution in [0.2, 0.25) is 0 Å². The Morgan fingerprint density at radius 1 is 0.923 bits per heavy atom. The van der Waals surface area contributed by atoms with Gasteiger partial charge in [-0.3, -0.25) is 9.69 Å². The minimum atomic E-state index is 0.0775. The summed E-state index contributed by atoms with van der Waals surface area (Å²) in [6.07, 6.45) is 0.438. The van der Waals surface area contributed by atoms with E-state index >= 15 is 0 Å². The predicted octanol–water partition coefficient (Wildman–Crippen LogP) is 2.60. The lowest BCUT2D eigenvalue weighted by atomic mass is 10.0. The molecule has 0 atom stereocenters. The lowest BCUT2D eigenvalue weighted by Crippen LogP contribution is -2.44. The van der Waals surface area contributed by atoms with Crippen molar-refractivity contribution in [3.8, 4) is 0 Å². The zero-order chi connectivity index (χ0) is 18.4. The first kappa shape index (κ1) is 18.6. The molecule has 138 valence electrons. The second-order valence-electron chi connectivity index (χ2n) is 7.23. The quantitative estimate of drug-likeness (QED) is 0.869. The summed E-state index contributed by atoms with van der Waals surface area (Å²) >= 11 is 0. The highest BCUT2D eigenvalue weighted by atomic mass is 16.1. The van der Waals surface area contributed by atoms with Crippen molar-refractivity contribution in [2.45, 2.75) is 26.4 Å². The number of nitrogens with zero attached hydrogens (tertiary/aromatic N) is 2. The van der Waals surface area contributed by atoms with Crippen LogP contribution in [0, 0.1) is 6.92 Å². The van der Waals surface area contributed by atoms with E-state index in [1.54, 1.807) is 0 Å². The predicted molar refractivity (Wildman–Crippen MR) is 106 cm³/mol. The summed E-state index contributed by atoms with van der Waals surface area (Å²) in [4.78, 5) is 17.2. The fraction of sp³-hybridized carbons (Fsp3) is 0.409. The average Bonchev–Trinajstić information content (AvgIpc) is 2.65. The minimum absolute atomic E-state index is 0.0775. The van der Waals surface area contributed by atoms with Crippen molar-refractivity contribution >= 4 is 5.91 Å². The van der Waals surface area contributed by atoms with Crippen LogP contribution in [0.5, 0.6) is 0 Å². The third kappa shape index (κ3) is 5.16. The molecule has 4 nitrogen and oxygen atoms in total. The lowest BCUT2D eigenvalue weighted by molar-refractivity contribution is -0.120. The van der Waals surface area contributed by atoms with Crippen LogP contribution in [-0.4, -0.2) is 48.9 Å². The molecule has 1 aliphatic rings. The number of likely N-dealkylation sites (N-methyl/N-ethyl adjacent to an activating group) is 1. The fourth-order valence-corrected chi connectivity index (χ4v) is 3.37. The topological polar surface area (TPSA) is 35.6 Å². The second-order valence-corrected chi connectivity index (χ2v) is 7.23. The molecule has 1 saturated heterocycles. The smallest absolute Gasteiger partial charge is 0.224 e. The maximum Gasteiger partial charge on any atom is 0.224 e. The molecule has 1 N–H and O–H groups in total. The fourth-order valence-electron chi connectivity index (χ4n) is 3.37. The summed E-state index contributed by atoms with van der Waals surface area (Å²) in [5.74, 6) is 0.0775. The van der Waals surface area contributed by atoms with Crippen LogP contribution in [0.25, 0.3) is 0 Å². The zero-order valence-corrected chi connectivity index (χ0v) is 15.9. The zero-order valence-electron chi connectivity index (χ0n) is 15.9. The molecule has 0 aromatic heterocycles. The van der Waals surface area contributed by atoms with E-state index < -0.39 is 0 Å². The van der Waals surface area contributed by atoms with Gasteiger partial charge < -0.3 is 10.2 Å². The van der Waals surface area contributed by atoms with Crippen molar-refractivity contribution in [3.05, 3.63) is 70.8 Å². The van der Waals surface area contributed by atoms with Crippen LogP contribution in [0.3, 0.4) is 0 Å². The van der Waals surface area contributed by atoms with Gasteiger partial charge in [0.2, 0.25) is 5.91 Å². The summed E-state index contributed by atoms with van der Waals surface area (Å²) in [7, 11) is 2.18. The molecule has 1 amide bonds. The average molecular weight is 351 g/mol. The SMILES string of the molecule is Cc1ccccc1CC(=O)NCc1ccccc1CN1CCN(C)CC1. The number of hydrogen-bond acceptors (Lipinski definition) is 3. The number of benzene rings is 2. The highest BCUT2D eigenvalue weighted by molar-refractivity contribution is 5.78. The summed E-state index contributed by atoms with van der Waals surface area (Å²) in [5, 5.41) is 3.09. The first-order chi connectivity index (χ1) is 12.6. The van der Waals surface area contributed by atoms with Crippen LogP contribution in [0.4, 0.5) is 0 Å². The molecule has 0 saturated carbocycles. The van der Waals surface area contributed by atoms with Crippen LogP contribution >= 0.6 is 0 Å². The maximum absolute atomic E-state index is 12.3. The molecule has 1 aliphatic heterocycles. The summed E-state index contributed by atoms with van der Waals surface area (Å²) in [6.45, 7) is 8.04. The van der Waals surface area contributed by atoms with Gasteiger partial charge >= 0.3 is 0 Å². The first-order valence-corrected chi connectivity index (χ1v) is 9.40. The monoisotopic (exact) mass is 351 g/mol. The Labute approximate surface area is 156 Å². The Morgan fingerprint density at radius 2 is 1.54 bits per heavy atom. The molecule has 2 aromatic rings. The number of carbonyl (C=O) groups excluding carboxylic acids is 1. The lowest BCUT2D eigenvalue weighted by Gasteiger charge is -2.32. The molecule has 3 rings (SSSR count). The Balaban J connectivity index is 1.56. The van der Waals surface area contributed by atoms with Gasteiger partial charge in [-0.1, -0.05) is 48.5 Å². The molecule has 0 bridgehead atoms. The Morgan fingerprint density at radius 3 is 2.23 bits per heavy atom. The molecule has 0 spiro atoms. The molecule has 0 unspecified atom stereocenters. The largest absolute Gasteiger partial charge is 0.352 e. The van der Waals surface area contributed by atoms with E-state index in [1.165, 1.54) is 11.1 Å². The number of piperazine rings is 1. The van der Waals surface area contributed by atoms with Gasteiger partial charge in [0.25, 0.3) is 0 Å². The van der Waals surface area contributed by atoms with E-state index in [0.29, 0.717) is 13.0 Å². The molecule has 2 aromatic carbocycles. The Hall–Kier alpha value is -2.17. The van der Waals surface area contributed by atoms with Crippen LogP contribution in [0.1, 0.15) is 22.3 Å². The maximum atomic E-state index is 12.3. The number of rotatable bonds is 6. The van der Waals surface area contributed by atoms with Crippen molar-refractivity contribution in [2.24, 2.45) is 0 Å². The normalized spacial score (nSPS) is 15.8.